The van der Waals surface area contributed by atoms with E-state index in [-0.39, 0.29) is 52.9 Å². The van der Waals surface area contributed by atoms with Gasteiger partial charge in [-0.2, -0.15) is 0 Å². The fourth-order valence-corrected chi connectivity index (χ4v) is 6.82. The van der Waals surface area contributed by atoms with Gasteiger partial charge < -0.3 is 15.4 Å². The molecule has 2 N–H and O–H groups in total. The maximum Gasteiger partial charge on any atom is 0.338 e. The van der Waals surface area contributed by atoms with Gasteiger partial charge in [0.05, 0.1) is 23.1 Å². The summed E-state index contributed by atoms with van der Waals surface area (Å²) in [6.07, 6.45) is 1.78. The van der Waals surface area contributed by atoms with E-state index < -0.39 is 18.5 Å². The minimum Gasteiger partial charge on any atom is -0.452 e. The normalized spacial score (nSPS) is 24.2. The lowest BCUT2D eigenvalue weighted by Crippen LogP contribution is -2.33. The SMILES string of the molecule is CC(=O)Nc1ccc(NC(=O)COC(=O)c2cccc(N3C(=O)[C@@H]4[C@@H]5C[C@@H]([C@@H]4C3=O)[C@H](c3ccccc3)C5)c2)cc1. The molecule has 3 aliphatic rings. The highest BCUT2D eigenvalue weighted by molar-refractivity contribution is 6.23. The van der Waals surface area contributed by atoms with Gasteiger partial charge in [-0.25, -0.2) is 4.79 Å². The Hall–Kier alpha value is -4.79. The Bertz CT molecular complexity index is 1540. The number of amides is 4. The third-order valence-electron chi connectivity index (χ3n) is 8.41. The van der Waals surface area contributed by atoms with Crippen molar-refractivity contribution in [1.29, 1.82) is 0 Å². The van der Waals surface area contributed by atoms with Crippen LogP contribution in [-0.2, 0) is 23.9 Å². The van der Waals surface area contributed by atoms with Crippen molar-refractivity contribution in [2.24, 2.45) is 23.7 Å². The lowest BCUT2D eigenvalue weighted by molar-refractivity contribution is -0.123. The summed E-state index contributed by atoms with van der Waals surface area (Å²) in [7, 11) is 0. The summed E-state index contributed by atoms with van der Waals surface area (Å²) in [5.41, 5.74) is 2.75. The van der Waals surface area contributed by atoms with E-state index in [0.717, 1.165) is 12.8 Å². The van der Waals surface area contributed by atoms with Crippen LogP contribution in [0.3, 0.4) is 0 Å². The molecule has 41 heavy (non-hydrogen) atoms. The van der Waals surface area contributed by atoms with Crippen LogP contribution in [0.25, 0.3) is 0 Å². The third kappa shape index (κ3) is 4.99. The molecular formula is C32H29N3O6. The van der Waals surface area contributed by atoms with Gasteiger partial charge in [-0.3, -0.25) is 24.1 Å². The van der Waals surface area contributed by atoms with Gasteiger partial charge in [-0.1, -0.05) is 36.4 Å². The predicted octanol–water partition coefficient (Wildman–Crippen LogP) is 4.37. The molecule has 4 amide bonds. The summed E-state index contributed by atoms with van der Waals surface area (Å²) in [6, 6.07) is 22.9. The van der Waals surface area contributed by atoms with E-state index in [9.17, 15) is 24.0 Å². The van der Waals surface area contributed by atoms with Gasteiger partial charge in [0.1, 0.15) is 0 Å². The number of nitrogens with zero attached hydrogens (tertiary/aromatic N) is 1. The molecule has 0 radical (unpaired) electrons. The van der Waals surface area contributed by atoms with Crippen LogP contribution in [0.4, 0.5) is 17.1 Å². The first kappa shape index (κ1) is 26.4. The van der Waals surface area contributed by atoms with Crippen molar-refractivity contribution >= 4 is 46.7 Å². The minimum absolute atomic E-state index is 0.127. The van der Waals surface area contributed by atoms with Crippen molar-refractivity contribution in [2.45, 2.75) is 25.7 Å². The largest absolute Gasteiger partial charge is 0.452 e. The van der Waals surface area contributed by atoms with Crippen LogP contribution in [0.15, 0.2) is 78.9 Å². The van der Waals surface area contributed by atoms with Gasteiger partial charge in [0.25, 0.3) is 5.91 Å². The second kappa shape index (κ2) is 10.6. The molecule has 6 rings (SSSR count). The van der Waals surface area contributed by atoms with Gasteiger partial charge in [0, 0.05) is 18.3 Å². The first-order chi connectivity index (χ1) is 19.8. The number of hydrogen-bond donors (Lipinski definition) is 2. The first-order valence-corrected chi connectivity index (χ1v) is 13.7. The zero-order valence-corrected chi connectivity index (χ0v) is 22.4. The molecule has 1 aliphatic heterocycles. The van der Waals surface area contributed by atoms with Crippen LogP contribution in [0.5, 0.6) is 0 Å². The zero-order valence-electron chi connectivity index (χ0n) is 22.4. The average molecular weight is 552 g/mol. The highest BCUT2D eigenvalue weighted by Gasteiger charge is 2.64. The fourth-order valence-electron chi connectivity index (χ4n) is 6.82. The number of nitrogens with one attached hydrogen (secondary N) is 2. The quantitative estimate of drug-likeness (QED) is 0.332. The number of ether oxygens (including phenoxy) is 1. The molecule has 208 valence electrons. The second-order valence-corrected chi connectivity index (χ2v) is 10.9. The number of benzene rings is 3. The summed E-state index contributed by atoms with van der Waals surface area (Å²) in [4.78, 5) is 64.6. The zero-order chi connectivity index (χ0) is 28.7. The van der Waals surface area contributed by atoms with Crippen LogP contribution in [0.2, 0.25) is 0 Å². The van der Waals surface area contributed by atoms with Gasteiger partial charge in [-0.15, -0.1) is 0 Å². The van der Waals surface area contributed by atoms with Crippen molar-refractivity contribution in [1.82, 2.24) is 0 Å². The van der Waals surface area contributed by atoms with Crippen LogP contribution in [0, 0.1) is 23.7 Å². The molecular weight excluding hydrogens is 522 g/mol. The Morgan fingerprint density at radius 1 is 0.829 bits per heavy atom. The molecule has 0 unspecified atom stereocenters. The van der Waals surface area contributed by atoms with Gasteiger partial charge >= 0.3 is 5.97 Å². The molecule has 2 aliphatic carbocycles. The number of hydrogen-bond acceptors (Lipinski definition) is 6. The summed E-state index contributed by atoms with van der Waals surface area (Å²) in [6.45, 7) is 0.878. The molecule has 3 aromatic rings. The number of carbonyl (C=O) groups excluding carboxylic acids is 5. The first-order valence-electron chi connectivity index (χ1n) is 13.7. The lowest BCUT2D eigenvalue weighted by atomic mass is 9.73. The average Bonchev–Trinajstić information content (AvgIpc) is 3.64. The van der Waals surface area contributed by atoms with Gasteiger partial charge in [0.15, 0.2) is 6.61 Å². The third-order valence-corrected chi connectivity index (χ3v) is 8.41. The molecule has 9 heteroatoms. The number of imide groups is 1. The molecule has 0 aromatic heterocycles. The van der Waals surface area contributed by atoms with E-state index in [1.165, 1.54) is 29.5 Å². The topological polar surface area (TPSA) is 122 Å². The Morgan fingerprint density at radius 2 is 1.51 bits per heavy atom. The Labute approximate surface area is 236 Å². The molecule has 0 spiro atoms. The fraction of sp³-hybridized carbons (Fsp3) is 0.281. The summed E-state index contributed by atoms with van der Waals surface area (Å²) >= 11 is 0. The maximum atomic E-state index is 13.6. The van der Waals surface area contributed by atoms with E-state index in [1.807, 2.05) is 18.2 Å². The Morgan fingerprint density at radius 3 is 2.22 bits per heavy atom. The second-order valence-electron chi connectivity index (χ2n) is 10.9. The van der Waals surface area contributed by atoms with E-state index in [4.69, 9.17) is 4.74 Å². The number of rotatable bonds is 7. The van der Waals surface area contributed by atoms with Crippen LogP contribution >= 0.6 is 0 Å². The number of esters is 1. The summed E-state index contributed by atoms with van der Waals surface area (Å²) < 4.78 is 5.20. The summed E-state index contributed by atoms with van der Waals surface area (Å²) in [5, 5.41) is 5.26. The van der Waals surface area contributed by atoms with E-state index in [2.05, 4.69) is 22.8 Å². The number of fused-ring (bicyclic) bond motifs is 5. The monoisotopic (exact) mass is 551 g/mol. The molecule has 5 atom stereocenters. The van der Waals surface area contributed by atoms with Gasteiger partial charge in [0.2, 0.25) is 17.7 Å². The van der Waals surface area contributed by atoms with E-state index in [1.54, 1.807) is 36.4 Å². The van der Waals surface area contributed by atoms with Crippen molar-refractivity contribution < 1.29 is 28.7 Å². The molecule has 3 fully saturated rings. The van der Waals surface area contributed by atoms with Crippen LogP contribution in [0.1, 0.15) is 41.6 Å². The summed E-state index contributed by atoms with van der Waals surface area (Å²) in [5.74, 6) is -2.00. The maximum absolute atomic E-state index is 13.6. The minimum atomic E-state index is -0.744. The van der Waals surface area contributed by atoms with E-state index >= 15 is 0 Å². The molecule has 2 saturated carbocycles. The highest BCUT2D eigenvalue weighted by atomic mass is 16.5. The highest BCUT2D eigenvalue weighted by Crippen LogP contribution is 2.61. The standard InChI is InChI=1S/C32H29N3O6/c1-18(36)33-22-10-12-23(13-11-22)34-27(37)17-41-32(40)20-8-5-9-24(14-20)35-30(38)28-21-15-25(19-6-3-2-4-7-19)26(16-21)29(28)31(35)39/h2-14,21,25-26,28-29H,15-17H2,1H3,(H,33,36)(H,34,37)/t21-,25-,26+,28+,29-/m0/s1. The van der Waals surface area contributed by atoms with Crippen LogP contribution in [-0.4, -0.2) is 36.2 Å². The molecule has 3 aromatic carbocycles. The van der Waals surface area contributed by atoms with Crippen molar-refractivity contribution in [2.75, 3.05) is 22.1 Å². The van der Waals surface area contributed by atoms with Gasteiger partial charge in [-0.05, 0) is 78.6 Å². The number of anilines is 3. The Balaban J connectivity index is 1.10. The lowest BCUT2D eigenvalue weighted by Gasteiger charge is -2.28. The Kier molecular flexibility index (Phi) is 6.86. The molecule has 9 nitrogen and oxygen atoms in total. The van der Waals surface area contributed by atoms with Crippen molar-refractivity contribution in [3.63, 3.8) is 0 Å². The molecule has 1 heterocycles. The smallest absolute Gasteiger partial charge is 0.338 e. The molecule has 1 saturated heterocycles. The predicted molar refractivity (Wildman–Crippen MR) is 151 cm³/mol. The van der Waals surface area contributed by atoms with Crippen molar-refractivity contribution in [3.05, 3.63) is 90.0 Å². The number of carbonyl (C=O) groups is 5. The van der Waals surface area contributed by atoms with Crippen molar-refractivity contribution in [3.8, 4) is 0 Å². The van der Waals surface area contributed by atoms with Crippen LogP contribution < -0.4 is 15.5 Å². The molecule has 2 bridgehead atoms. The van der Waals surface area contributed by atoms with E-state index in [0.29, 0.717) is 17.1 Å².